The second-order valence-electron chi connectivity index (χ2n) is 5.71. The monoisotopic (exact) mass is 364 g/mol. The van der Waals surface area contributed by atoms with Crippen LogP contribution in [0, 0.1) is 23.7 Å². The number of hydrogen-bond acceptors (Lipinski definition) is 6. The summed E-state index contributed by atoms with van der Waals surface area (Å²) in [7, 11) is 0. The SMILES string of the molecule is C#Cc1cccc(C2C(C(=O)OCC)=C(C)NC(C#N)=C2C(=O)OCC)c1. The van der Waals surface area contributed by atoms with Crippen molar-refractivity contribution < 1.29 is 19.1 Å². The van der Waals surface area contributed by atoms with Crippen LogP contribution < -0.4 is 5.32 Å². The molecule has 0 saturated heterocycles. The molecule has 0 amide bonds. The first-order valence-electron chi connectivity index (χ1n) is 8.51. The van der Waals surface area contributed by atoms with Crippen molar-refractivity contribution in [3.63, 3.8) is 0 Å². The van der Waals surface area contributed by atoms with E-state index in [2.05, 4.69) is 11.2 Å². The molecule has 0 spiro atoms. The van der Waals surface area contributed by atoms with Gasteiger partial charge in [0.15, 0.2) is 0 Å². The van der Waals surface area contributed by atoms with Crippen molar-refractivity contribution in [1.29, 1.82) is 5.26 Å². The Balaban J connectivity index is 2.74. The van der Waals surface area contributed by atoms with Crippen LogP contribution in [-0.4, -0.2) is 25.2 Å². The topological polar surface area (TPSA) is 88.4 Å². The quantitative estimate of drug-likeness (QED) is 0.638. The predicted molar refractivity (Wildman–Crippen MR) is 98.9 cm³/mol. The highest BCUT2D eigenvalue weighted by Crippen LogP contribution is 2.39. The molecule has 0 aromatic heterocycles. The summed E-state index contributed by atoms with van der Waals surface area (Å²) in [6.07, 6.45) is 5.49. The Bertz CT molecular complexity index is 913. The molecule has 1 aromatic carbocycles. The Morgan fingerprint density at radius 3 is 2.37 bits per heavy atom. The zero-order valence-corrected chi connectivity index (χ0v) is 15.5. The Kier molecular flexibility index (Phi) is 6.41. The number of hydrogen-bond donors (Lipinski definition) is 1. The van der Waals surface area contributed by atoms with Gasteiger partial charge in [-0.25, -0.2) is 9.59 Å². The van der Waals surface area contributed by atoms with Crippen molar-refractivity contribution in [3.8, 4) is 18.4 Å². The normalized spacial score (nSPS) is 16.1. The zero-order valence-electron chi connectivity index (χ0n) is 15.5. The lowest BCUT2D eigenvalue weighted by atomic mass is 9.80. The molecule has 6 nitrogen and oxygen atoms in total. The molecule has 0 saturated carbocycles. The van der Waals surface area contributed by atoms with E-state index >= 15 is 0 Å². The van der Waals surface area contributed by atoms with Crippen LogP contribution >= 0.6 is 0 Å². The number of allylic oxidation sites excluding steroid dienone is 2. The Labute approximate surface area is 158 Å². The first-order chi connectivity index (χ1) is 13.0. The van der Waals surface area contributed by atoms with E-state index in [1.807, 2.05) is 6.07 Å². The van der Waals surface area contributed by atoms with Crippen LogP contribution in [0.4, 0.5) is 0 Å². The summed E-state index contributed by atoms with van der Waals surface area (Å²) in [6.45, 7) is 5.33. The summed E-state index contributed by atoms with van der Waals surface area (Å²) < 4.78 is 10.3. The third-order valence-electron chi connectivity index (χ3n) is 4.05. The second-order valence-corrected chi connectivity index (χ2v) is 5.71. The van der Waals surface area contributed by atoms with Gasteiger partial charge in [0.1, 0.15) is 11.8 Å². The molecule has 1 N–H and O–H groups in total. The highest BCUT2D eigenvalue weighted by atomic mass is 16.5. The van der Waals surface area contributed by atoms with Crippen LogP contribution in [0.1, 0.15) is 37.8 Å². The second kappa shape index (κ2) is 8.73. The minimum atomic E-state index is -0.827. The first-order valence-corrected chi connectivity index (χ1v) is 8.51. The van der Waals surface area contributed by atoms with Crippen molar-refractivity contribution >= 4 is 11.9 Å². The number of rotatable bonds is 5. The molecular formula is C21H20N2O4. The van der Waals surface area contributed by atoms with Crippen LogP contribution in [0.3, 0.4) is 0 Å². The third-order valence-corrected chi connectivity index (χ3v) is 4.05. The number of dihydropyridines is 1. The summed E-state index contributed by atoms with van der Waals surface area (Å²) in [5, 5.41) is 12.4. The standard InChI is InChI=1S/C21H20N2O4/c1-5-14-9-8-10-15(11-14)18-17(20(24)26-6-2)13(4)23-16(12-22)19(18)21(25)27-7-3/h1,8-11,18,23H,6-7H2,2-4H3. The van der Waals surface area contributed by atoms with Gasteiger partial charge in [-0.3, -0.25) is 0 Å². The van der Waals surface area contributed by atoms with Crippen LogP contribution in [-0.2, 0) is 19.1 Å². The molecule has 1 unspecified atom stereocenters. The van der Waals surface area contributed by atoms with E-state index in [4.69, 9.17) is 15.9 Å². The van der Waals surface area contributed by atoms with Crippen LogP contribution in [0.2, 0.25) is 0 Å². The van der Waals surface area contributed by atoms with Gasteiger partial charge in [-0.1, -0.05) is 18.1 Å². The van der Waals surface area contributed by atoms with E-state index in [1.54, 1.807) is 45.0 Å². The smallest absolute Gasteiger partial charge is 0.337 e. The fourth-order valence-electron chi connectivity index (χ4n) is 2.97. The molecular weight excluding hydrogens is 344 g/mol. The Morgan fingerprint density at radius 1 is 1.19 bits per heavy atom. The van der Waals surface area contributed by atoms with Crippen molar-refractivity contribution in [2.24, 2.45) is 0 Å². The van der Waals surface area contributed by atoms with E-state index < -0.39 is 17.9 Å². The number of esters is 2. The van der Waals surface area contributed by atoms with E-state index in [1.165, 1.54) is 0 Å². The molecule has 1 heterocycles. The van der Waals surface area contributed by atoms with Gasteiger partial charge >= 0.3 is 11.9 Å². The third kappa shape index (κ3) is 4.02. The summed E-state index contributed by atoms with van der Waals surface area (Å²) in [6, 6.07) is 8.91. The fraction of sp³-hybridized carbons (Fsp3) is 0.286. The summed E-state index contributed by atoms with van der Waals surface area (Å²) in [4.78, 5) is 25.3. The van der Waals surface area contributed by atoms with Gasteiger partial charge in [0, 0.05) is 11.3 Å². The van der Waals surface area contributed by atoms with Gasteiger partial charge in [-0.05, 0) is 38.5 Å². The molecule has 1 aliphatic rings. The summed E-state index contributed by atoms with van der Waals surface area (Å²) >= 11 is 0. The molecule has 6 heteroatoms. The maximum atomic E-state index is 12.7. The van der Waals surface area contributed by atoms with Crippen LogP contribution in [0.25, 0.3) is 0 Å². The lowest BCUT2D eigenvalue weighted by Crippen LogP contribution is -2.33. The molecule has 1 aliphatic heterocycles. The lowest BCUT2D eigenvalue weighted by Gasteiger charge is -2.29. The number of nitrogens with one attached hydrogen (secondary N) is 1. The van der Waals surface area contributed by atoms with Gasteiger partial charge in [-0.2, -0.15) is 5.26 Å². The average molecular weight is 364 g/mol. The van der Waals surface area contributed by atoms with E-state index in [9.17, 15) is 14.9 Å². The van der Waals surface area contributed by atoms with Crippen LogP contribution in [0.15, 0.2) is 46.8 Å². The number of benzene rings is 1. The molecule has 0 fully saturated rings. The minimum Gasteiger partial charge on any atom is -0.463 e. The highest BCUT2D eigenvalue weighted by molar-refractivity contribution is 6.00. The van der Waals surface area contributed by atoms with Crippen molar-refractivity contribution in [2.45, 2.75) is 26.7 Å². The van der Waals surface area contributed by atoms with E-state index in [-0.39, 0.29) is 30.1 Å². The predicted octanol–water partition coefficient (Wildman–Crippen LogP) is 2.53. The summed E-state index contributed by atoms with van der Waals surface area (Å²) in [5.74, 6) is 0.464. The zero-order chi connectivity index (χ0) is 20.0. The lowest BCUT2D eigenvalue weighted by molar-refractivity contribution is -0.139. The highest BCUT2D eigenvalue weighted by Gasteiger charge is 2.39. The van der Waals surface area contributed by atoms with Gasteiger partial charge in [-0.15, -0.1) is 6.42 Å². The molecule has 0 radical (unpaired) electrons. The van der Waals surface area contributed by atoms with Crippen molar-refractivity contribution in [3.05, 3.63) is 57.9 Å². The molecule has 0 aliphatic carbocycles. The van der Waals surface area contributed by atoms with E-state index in [0.29, 0.717) is 16.8 Å². The first kappa shape index (κ1) is 19.8. The Morgan fingerprint density at radius 2 is 1.81 bits per heavy atom. The van der Waals surface area contributed by atoms with Gasteiger partial charge in [0.25, 0.3) is 0 Å². The molecule has 27 heavy (non-hydrogen) atoms. The number of nitriles is 1. The van der Waals surface area contributed by atoms with E-state index in [0.717, 1.165) is 0 Å². The number of nitrogens with zero attached hydrogens (tertiary/aromatic N) is 1. The molecule has 0 bridgehead atoms. The number of carbonyl (C=O) groups is 2. The largest absolute Gasteiger partial charge is 0.463 e. The van der Waals surface area contributed by atoms with Gasteiger partial charge in [0.05, 0.1) is 30.3 Å². The minimum absolute atomic E-state index is 0.0371. The molecule has 138 valence electrons. The number of terminal acetylenes is 1. The number of carbonyl (C=O) groups excluding carboxylic acids is 2. The maximum Gasteiger partial charge on any atom is 0.337 e. The van der Waals surface area contributed by atoms with Crippen molar-refractivity contribution in [2.75, 3.05) is 13.2 Å². The summed E-state index contributed by atoms with van der Waals surface area (Å²) in [5.41, 5.74) is 1.97. The molecule has 1 aromatic rings. The van der Waals surface area contributed by atoms with Gasteiger partial charge < -0.3 is 14.8 Å². The fourth-order valence-corrected chi connectivity index (χ4v) is 2.97. The maximum absolute atomic E-state index is 12.7. The Hall–Kier alpha value is -3.51. The average Bonchev–Trinajstić information content (AvgIpc) is 2.67. The number of ether oxygens (including phenoxy) is 2. The molecule has 1 atom stereocenters. The van der Waals surface area contributed by atoms with Gasteiger partial charge in [0.2, 0.25) is 0 Å². The molecule has 2 rings (SSSR count). The van der Waals surface area contributed by atoms with Crippen LogP contribution in [0.5, 0.6) is 0 Å². The van der Waals surface area contributed by atoms with Crippen molar-refractivity contribution in [1.82, 2.24) is 5.32 Å².